The van der Waals surface area contributed by atoms with E-state index in [0.717, 1.165) is 24.8 Å². The van der Waals surface area contributed by atoms with Gasteiger partial charge in [0.05, 0.1) is 0 Å². The number of hydrogen-bond acceptors (Lipinski definition) is 3. The lowest BCUT2D eigenvalue weighted by Gasteiger charge is -2.39. The Morgan fingerprint density at radius 2 is 1.90 bits per heavy atom. The predicted octanol–water partition coefficient (Wildman–Crippen LogP) is 3.31. The molecule has 0 aromatic rings. The van der Waals surface area contributed by atoms with Gasteiger partial charge in [-0.2, -0.15) is 0 Å². The Morgan fingerprint density at radius 1 is 1.30 bits per heavy atom. The molecule has 0 aromatic heterocycles. The van der Waals surface area contributed by atoms with Crippen molar-refractivity contribution >= 4 is 6.09 Å². The summed E-state index contributed by atoms with van der Waals surface area (Å²) >= 11 is 0. The van der Waals surface area contributed by atoms with Crippen LogP contribution in [-0.2, 0) is 4.74 Å². The van der Waals surface area contributed by atoms with Gasteiger partial charge in [0.15, 0.2) is 0 Å². The summed E-state index contributed by atoms with van der Waals surface area (Å²) in [4.78, 5) is 11.7. The number of ether oxygens (including phenoxy) is 1. The van der Waals surface area contributed by atoms with E-state index in [1.54, 1.807) is 0 Å². The van der Waals surface area contributed by atoms with Crippen molar-refractivity contribution in [1.82, 2.24) is 10.6 Å². The van der Waals surface area contributed by atoms with Crippen LogP contribution in [0.2, 0.25) is 0 Å². The van der Waals surface area contributed by atoms with Crippen molar-refractivity contribution in [2.24, 2.45) is 11.8 Å². The van der Waals surface area contributed by atoms with Gasteiger partial charge in [-0.05, 0) is 51.9 Å². The van der Waals surface area contributed by atoms with Crippen molar-refractivity contribution in [1.29, 1.82) is 0 Å². The SMILES string of the molecule is CCC(CNC1CC(C(C)C)C1)NC(=O)OC(C)(C)C. The molecule has 118 valence electrons. The molecule has 4 heteroatoms. The molecule has 2 N–H and O–H groups in total. The summed E-state index contributed by atoms with van der Waals surface area (Å²) in [7, 11) is 0. The molecule has 1 aliphatic rings. The van der Waals surface area contributed by atoms with Crippen molar-refractivity contribution in [3.05, 3.63) is 0 Å². The van der Waals surface area contributed by atoms with Gasteiger partial charge in [-0.1, -0.05) is 20.8 Å². The van der Waals surface area contributed by atoms with Crippen LogP contribution in [0.5, 0.6) is 0 Å². The van der Waals surface area contributed by atoms with E-state index in [2.05, 4.69) is 31.4 Å². The van der Waals surface area contributed by atoms with E-state index in [1.807, 2.05) is 20.8 Å². The van der Waals surface area contributed by atoms with Crippen LogP contribution in [0.4, 0.5) is 4.79 Å². The van der Waals surface area contributed by atoms with Gasteiger partial charge in [-0.25, -0.2) is 4.79 Å². The van der Waals surface area contributed by atoms with Crippen molar-refractivity contribution in [2.75, 3.05) is 6.54 Å². The number of alkyl carbamates (subject to hydrolysis) is 1. The summed E-state index contributed by atoms with van der Waals surface area (Å²) in [6.45, 7) is 13.1. The molecule has 1 unspecified atom stereocenters. The number of carbonyl (C=O) groups excluding carboxylic acids is 1. The van der Waals surface area contributed by atoms with Crippen LogP contribution >= 0.6 is 0 Å². The zero-order chi connectivity index (χ0) is 15.3. The molecule has 4 nitrogen and oxygen atoms in total. The first-order valence-corrected chi connectivity index (χ1v) is 7.94. The average molecular weight is 284 g/mol. The number of amides is 1. The van der Waals surface area contributed by atoms with Gasteiger partial charge in [-0.3, -0.25) is 0 Å². The van der Waals surface area contributed by atoms with Gasteiger partial charge in [0, 0.05) is 18.6 Å². The van der Waals surface area contributed by atoms with Gasteiger partial charge in [0.25, 0.3) is 0 Å². The summed E-state index contributed by atoms with van der Waals surface area (Å²) in [5.74, 6) is 1.65. The number of carbonyl (C=O) groups is 1. The van der Waals surface area contributed by atoms with Crippen LogP contribution < -0.4 is 10.6 Å². The maximum atomic E-state index is 11.7. The second kappa shape index (κ2) is 7.30. The van der Waals surface area contributed by atoms with Crippen LogP contribution in [0.3, 0.4) is 0 Å². The normalized spacial score (nSPS) is 24.1. The van der Waals surface area contributed by atoms with E-state index < -0.39 is 5.60 Å². The first-order valence-electron chi connectivity index (χ1n) is 7.94. The molecule has 1 aliphatic carbocycles. The van der Waals surface area contributed by atoms with Gasteiger partial charge in [0.2, 0.25) is 0 Å². The third-order valence-corrected chi connectivity index (χ3v) is 3.98. The molecule has 20 heavy (non-hydrogen) atoms. The molecule has 1 saturated carbocycles. The van der Waals surface area contributed by atoms with Gasteiger partial charge in [-0.15, -0.1) is 0 Å². The molecule has 1 atom stereocenters. The predicted molar refractivity (Wildman–Crippen MR) is 82.8 cm³/mol. The highest BCUT2D eigenvalue weighted by Crippen LogP contribution is 2.33. The Kier molecular flexibility index (Phi) is 6.31. The third-order valence-electron chi connectivity index (χ3n) is 3.98. The molecule has 0 bridgehead atoms. The minimum absolute atomic E-state index is 0.142. The quantitative estimate of drug-likeness (QED) is 0.786. The van der Waals surface area contributed by atoms with Crippen molar-refractivity contribution in [3.63, 3.8) is 0 Å². The van der Waals surface area contributed by atoms with Gasteiger partial charge in [0.1, 0.15) is 5.60 Å². The van der Waals surface area contributed by atoms with E-state index in [1.165, 1.54) is 12.8 Å². The maximum Gasteiger partial charge on any atom is 0.407 e. The van der Waals surface area contributed by atoms with E-state index >= 15 is 0 Å². The summed E-state index contributed by atoms with van der Waals surface area (Å²) in [5, 5.41) is 6.49. The molecule has 1 fully saturated rings. The maximum absolute atomic E-state index is 11.7. The first-order chi connectivity index (χ1) is 9.21. The standard InChI is InChI=1S/C16H32N2O2/c1-7-13(18-15(19)20-16(4,5)6)10-17-14-8-12(9-14)11(2)3/h11-14,17H,7-10H2,1-6H3,(H,18,19). The fraction of sp³-hybridized carbons (Fsp3) is 0.938. The molecular weight excluding hydrogens is 252 g/mol. The highest BCUT2D eigenvalue weighted by Gasteiger charge is 2.31. The number of nitrogens with one attached hydrogen (secondary N) is 2. The van der Waals surface area contributed by atoms with Crippen LogP contribution in [-0.4, -0.2) is 30.3 Å². The highest BCUT2D eigenvalue weighted by molar-refractivity contribution is 5.68. The van der Waals surface area contributed by atoms with Gasteiger partial charge < -0.3 is 15.4 Å². The first kappa shape index (κ1) is 17.3. The Morgan fingerprint density at radius 3 is 2.35 bits per heavy atom. The summed E-state index contributed by atoms with van der Waals surface area (Å²) in [5.41, 5.74) is -0.436. The zero-order valence-electron chi connectivity index (χ0n) is 14.0. The number of hydrogen-bond donors (Lipinski definition) is 2. The van der Waals surface area contributed by atoms with Crippen molar-refractivity contribution < 1.29 is 9.53 Å². The highest BCUT2D eigenvalue weighted by atomic mass is 16.6. The van der Waals surface area contributed by atoms with Crippen LogP contribution in [0.15, 0.2) is 0 Å². The zero-order valence-corrected chi connectivity index (χ0v) is 14.0. The van der Waals surface area contributed by atoms with E-state index in [4.69, 9.17) is 4.74 Å². The second-order valence-corrected chi connectivity index (χ2v) is 7.33. The van der Waals surface area contributed by atoms with Gasteiger partial charge >= 0.3 is 6.09 Å². The lowest BCUT2D eigenvalue weighted by molar-refractivity contribution is 0.0499. The molecule has 0 aromatic carbocycles. The smallest absolute Gasteiger partial charge is 0.407 e. The van der Waals surface area contributed by atoms with E-state index in [9.17, 15) is 4.79 Å². The van der Waals surface area contributed by atoms with Crippen LogP contribution in [0.1, 0.15) is 60.8 Å². The number of rotatable bonds is 6. The molecular formula is C16H32N2O2. The Bertz CT molecular complexity index is 304. The molecule has 0 heterocycles. The van der Waals surface area contributed by atoms with E-state index in [-0.39, 0.29) is 12.1 Å². The Hall–Kier alpha value is -0.770. The summed E-state index contributed by atoms with van der Waals surface area (Å²) in [6, 6.07) is 0.764. The fourth-order valence-corrected chi connectivity index (χ4v) is 2.45. The third kappa shape index (κ3) is 6.12. The molecule has 0 radical (unpaired) electrons. The topological polar surface area (TPSA) is 50.4 Å². The molecule has 0 spiro atoms. The lowest BCUT2D eigenvalue weighted by Crippen LogP contribution is -2.50. The average Bonchev–Trinajstić information content (AvgIpc) is 2.21. The van der Waals surface area contributed by atoms with Crippen LogP contribution in [0.25, 0.3) is 0 Å². The molecule has 1 rings (SSSR count). The molecule has 0 aliphatic heterocycles. The Balaban J connectivity index is 2.22. The fourth-order valence-electron chi connectivity index (χ4n) is 2.45. The molecule has 0 saturated heterocycles. The minimum Gasteiger partial charge on any atom is -0.444 e. The minimum atomic E-state index is -0.436. The van der Waals surface area contributed by atoms with Crippen molar-refractivity contribution in [2.45, 2.75) is 78.5 Å². The largest absolute Gasteiger partial charge is 0.444 e. The van der Waals surface area contributed by atoms with Crippen molar-refractivity contribution in [3.8, 4) is 0 Å². The summed E-state index contributed by atoms with van der Waals surface area (Å²) < 4.78 is 5.29. The Labute approximate surface area is 124 Å². The second-order valence-electron chi connectivity index (χ2n) is 7.33. The lowest BCUT2D eigenvalue weighted by atomic mass is 9.73. The van der Waals surface area contributed by atoms with E-state index in [0.29, 0.717) is 6.04 Å². The monoisotopic (exact) mass is 284 g/mol. The van der Waals surface area contributed by atoms with Crippen LogP contribution in [0, 0.1) is 11.8 Å². The molecule has 1 amide bonds. The summed E-state index contributed by atoms with van der Waals surface area (Å²) in [6.07, 6.45) is 3.12.